The highest BCUT2D eigenvalue weighted by molar-refractivity contribution is 5.58. The van der Waals surface area contributed by atoms with Crippen LogP contribution in [0.5, 0.6) is 0 Å². The zero-order chi connectivity index (χ0) is 12.4. The van der Waals surface area contributed by atoms with Crippen molar-refractivity contribution in [2.75, 3.05) is 13.1 Å². The zero-order valence-corrected chi connectivity index (χ0v) is 10.1. The van der Waals surface area contributed by atoms with Crippen LogP contribution in [0.2, 0.25) is 0 Å². The van der Waals surface area contributed by atoms with E-state index in [0.29, 0.717) is 6.04 Å². The summed E-state index contributed by atoms with van der Waals surface area (Å²) in [4.78, 5) is 4.38. The van der Waals surface area contributed by atoms with E-state index in [0.717, 1.165) is 37.2 Å². The van der Waals surface area contributed by atoms with Gasteiger partial charge in [0.25, 0.3) is 0 Å². The average Bonchev–Trinajstić information content (AvgIpc) is 2.89. The summed E-state index contributed by atoms with van der Waals surface area (Å²) in [6, 6.07) is 7.09. The first-order valence-electron chi connectivity index (χ1n) is 6.33. The monoisotopic (exact) mass is 245 g/mol. The van der Waals surface area contributed by atoms with Crippen LogP contribution < -0.4 is 5.32 Å². The van der Waals surface area contributed by atoms with E-state index >= 15 is 0 Å². The highest BCUT2D eigenvalue weighted by Crippen LogP contribution is 2.23. The number of nitrogens with zero attached hydrogens (tertiary/aromatic N) is 2. The molecular weight excluding hydrogens is 229 g/mol. The molecule has 1 aliphatic rings. The number of benzene rings is 1. The summed E-state index contributed by atoms with van der Waals surface area (Å²) in [5.41, 5.74) is 1.68. The van der Waals surface area contributed by atoms with Crippen LogP contribution in [0.15, 0.2) is 36.8 Å². The first-order valence-corrected chi connectivity index (χ1v) is 6.33. The molecule has 1 aromatic carbocycles. The second-order valence-corrected chi connectivity index (χ2v) is 4.70. The van der Waals surface area contributed by atoms with Crippen LogP contribution >= 0.6 is 0 Å². The van der Waals surface area contributed by atoms with Crippen molar-refractivity contribution in [3.63, 3.8) is 0 Å². The first-order chi connectivity index (χ1) is 8.83. The van der Waals surface area contributed by atoms with Crippen LogP contribution in [0.4, 0.5) is 4.39 Å². The smallest absolute Gasteiger partial charge is 0.123 e. The summed E-state index contributed by atoms with van der Waals surface area (Å²) in [5, 5.41) is 3.35. The molecule has 1 fully saturated rings. The van der Waals surface area contributed by atoms with Gasteiger partial charge in [0, 0.05) is 17.8 Å². The Hall–Kier alpha value is -1.68. The minimum Gasteiger partial charge on any atom is -0.334 e. The van der Waals surface area contributed by atoms with Crippen molar-refractivity contribution in [2.24, 2.45) is 0 Å². The number of aromatic nitrogens is 2. The quantitative estimate of drug-likeness (QED) is 0.881. The molecule has 0 spiro atoms. The van der Waals surface area contributed by atoms with Crippen LogP contribution in [-0.4, -0.2) is 22.6 Å². The van der Waals surface area contributed by atoms with Gasteiger partial charge in [-0.3, -0.25) is 0 Å². The fraction of sp³-hybridized carbons (Fsp3) is 0.357. The number of hydrogen-bond donors (Lipinski definition) is 1. The highest BCUT2D eigenvalue weighted by atomic mass is 19.1. The molecule has 0 saturated carbocycles. The minimum absolute atomic E-state index is 0.219. The van der Waals surface area contributed by atoms with E-state index in [1.54, 1.807) is 6.07 Å². The molecular formula is C14H16FN3. The highest BCUT2D eigenvalue weighted by Gasteiger charge is 2.15. The molecule has 0 unspecified atom stereocenters. The Bertz CT molecular complexity index is 529. The van der Waals surface area contributed by atoms with Gasteiger partial charge in [-0.2, -0.15) is 0 Å². The van der Waals surface area contributed by atoms with Gasteiger partial charge in [0.05, 0.1) is 12.0 Å². The molecule has 18 heavy (non-hydrogen) atoms. The third-order valence-electron chi connectivity index (χ3n) is 3.45. The number of imidazole rings is 1. The van der Waals surface area contributed by atoms with Crippen molar-refractivity contribution in [2.45, 2.75) is 18.9 Å². The third-order valence-corrected chi connectivity index (χ3v) is 3.45. The normalized spacial score (nSPS) is 16.9. The Morgan fingerprint density at radius 1 is 1.28 bits per heavy atom. The van der Waals surface area contributed by atoms with E-state index in [2.05, 4.69) is 14.9 Å². The van der Waals surface area contributed by atoms with Gasteiger partial charge in [0.15, 0.2) is 0 Å². The Morgan fingerprint density at radius 3 is 2.89 bits per heavy atom. The van der Waals surface area contributed by atoms with E-state index in [9.17, 15) is 4.39 Å². The van der Waals surface area contributed by atoms with Crippen LogP contribution in [0.25, 0.3) is 11.3 Å². The zero-order valence-electron chi connectivity index (χ0n) is 10.1. The fourth-order valence-electron chi connectivity index (χ4n) is 2.44. The molecule has 0 bridgehead atoms. The van der Waals surface area contributed by atoms with E-state index in [1.807, 2.05) is 18.6 Å². The summed E-state index contributed by atoms with van der Waals surface area (Å²) in [5.74, 6) is -0.219. The van der Waals surface area contributed by atoms with E-state index in [-0.39, 0.29) is 5.82 Å². The van der Waals surface area contributed by atoms with Gasteiger partial charge >= 0.3 is 0 Å². The first kappa shape index (κ1) is 11.4. The molecule has 0 amide bonds. The second-order valence-electron chi connectivity index (χ2n) is 4.70. The predicted molar refractivity (Wildman–Crippen MR) is 68.8 cm³/mol. The number of rotatable bonds is 2. The number of hydrogen-bond acceptors (Lipinski definition) is 2. The second kappa shape index (κ2) is 4.90. The lowest BCUT2D eigenvalue weighted by Gasteiger charge is -2.23. The minimum atomic E-state index is -0.219. The molecule has 1 saturated heterocycles. The molecule has 0 aliphatic carbocycles. The van der Waals surface area contributed by atoms with Crippen molar-refractivity contribution in [3.8, 4) is 11.3 Å². The summed E-state index contributed by atoms with van der Waals surface area (Å²) in [7, 11) is 0. The summed E-state index contributed by atoms with van der Waals surface area (Å²) in [6.07, 6.45) is 6.12. The van der Waals surface area contributed by atoms with Gasteiger partial charge in [-0.15, -0.1) is 0 Å². The topological polar surface area (TPSA) is 29.9 Å². The van der Waals surface area contributed by atoms with Crippen LogP contribution in [0, 0.1) is 5.82 Å². The Kier molecular flexibility index (Phi) is 3.11. The SMILES string of the molecule is Fc1cccc(-c2cn(C3CCNCC3)cn2)c1. The van der Waals surface area contributed by atoms with Crippen molar-refractivity contribution in [3.05, 3.63) is 42.6 Å². The lowest BCUT2D eigenvalue weighted by Crippen LogP contribution is -2.28. The molecule has 1 aliphatic heterocycles. The molecule has 0 radical (unpaired) electrons. The van der Waals surface area contributed by atoms with Gasteiger partial charge in [-0.1, -0.05) is 12.1 Å². The molecule has 4 heteroatoms. The summed E-state index contributed by atoms with van der Waals surface area (Å²) >= 11 is 0. The molecule has 2 heterocycles. The van der Waals surface area contributed by atoms with Crippen LogP contribution in [0.1, 0.15) is 18.9 Å². The maximum absolute atomic E-state index is 13.2. The van der Waals surface area contributed by atoms with E-state index in [4.69, 9.17) is 0 Å². The van der Waals surface area contributed by atoms with Gasteiger partial charge in [0.1, 0.15) is 5.82 Å². The molecule has 0 atom stereocenters. The van der Waals surface area contributed by atoms with Crippen LogP contribution in [0.3, 0.4) is 0 Å². The van der Waals surface area contributed by atoms with Gasteiger partial charge in [0.2, 0.25) is 0 Å². The molecule has 2 aromatic rings. The molecule has 1 N–H and O–H groups in total. The standard InChI is InChI=1S/C14H16FN3/c15-12-3-1-2-11(8-12)14-9-18(10-17-14)13-4-6-16-7-5-13/h1-3,8-10,13,16H,4-7H2. The summed E-state index contributed by atoms with van der Waals surface area (Å²) < 4.78 is 15.3. The van der Waals surface area contributed by atoms with Crippen molar-refractivity contribution in [1.29, 1.82) is 0 Å². The van der Waals surface area contributed by atoms with Gasteiger partial charge in [-0.25, -0.2) is 9.37 Å². The third kappa shape index (κ3) is 2.29. The predicted octanol–water partition coefficient (Wildman–Crippen LogP) is 2.61. The lowest BCUT2D eigenvalue weighted by molar-refractivity contribution is 0.368. The Morgan fingerprint density at radius 2 is 2.11 bits per heavy atom. The fourth-order valence-corrected chi connectivity index (χ4v) is 2.44. The lowest BCUT2D eigenvalue weighted by atomic mass is 10.1. The van der Waals surface area contributed by atoms with Gasteiger partial charge in [-0.05, 0) is 38.1 Å². The van der Waals surface area contributed by atoms with Gasteiger partial charge < -0.3 is 9.88 Å². The Labute approximate surface area is 106 Å². The number of nitrogens with one attached hydrogen (secondary N) is 1. The number of halogens is 1. The molecule has 3 rings (SSSR count). The van der Waals surface area contributed by atoms with Crippen molar-refractivity contribution < 1.29 is 4.39 Å². The molecule has 94 valence electrons. The number of piperidine rings is 1. The Balaban J connectivity index is 1.84. The van der Waals surface area contributed by atoms with E-state index < -0.39 is 0 Å². The van der Waals surface area contributed by atoms with E-state index in [1.165, 1.54) is 12.1 Å². The molecule has 1 aromatic heterocycles. The van der Waals surface area contributed by atoms with Crippen molar-refractivity contribution >= 4 is 0 Å². The largest absolute Gasteiger partial charge is 0.334 e. The van der Waals surface area contributed by atoms with Crippen LogP contribution in [-0.2, 0) is 0 Å². The molecule has 3 nitrogen and oxygen atoms in total. The maximum Gasteiger partial charge on any atom is 0.123 e. The summed E-state index contributed by atoms with van der Waals surface area (Å²) in [6.45, 7) is 2.11. The maximum atomic E-state index is 13.2. The van der Waals surface area contributed by atoms with Crippen molar-refractivity contribution in [1.82, 2.24) is 14.9 Å². The average molecular weight is 245 g/mol.